The molecule has 0 saturated carbocycles. The molecule has 6 heteroatoms. The highest BCUT2D eigenvalue weighted by atomic mass is 32.2. The Hall–Kier alpha value is -3.12. The van der Waals surface area contributed by atoms with Crippen molar-refractivity contribution in [2.24, 2.45) is 5.92 Å². The number of amides is 1. The zero-order valence-electron chi connectivity index (χ0n) is 19.9. The zero-order valence-corrected chi connectivity index (χ0v) is 20.7. The summed E-state index contributed by atoms with van der Waals surface area (Å²) in [6.07, 6.45) is 2.87. The van der Waals surface area contributed by atoms with E-state index in [9.17, 15) is 13.2 Å². The first-order chi connectivity index (χ1) is 16.3. The van der Waals surface area contributed by atoms with Crippen molar-refractivity contribution < 1.29 is 13.2 Å². The number of carbonyl (C=O) groups excluding carboxylic acids is 1. The van der Waals surface area contributed by atoms with Crippen LogP contribution in [0.4, 0.5) is 5.69 Å². The van der Waals surface area contributed by atoms with Gasteiger partial charge in [-0.15, -0.1) is 0 Å². The third-order valence-electron chi connectivity index (χ3n) is 6.72. The number of aryl methyl sites for hydroxylation is 2. The van der Waals surface area contributed by atoms with Crippen molar-refractivity contribution in [1.29, 1.82) is 0 Å². The molecule has 1 amide bonds. The number of piperidine rings is 1. The van der Waals surface area contributed by atoms with Crippen LogP contribution in [0.25, 0.3) is 0 Å². The van der Waals surface area contributed by atoms with Gasteiger partial charge in [-0.3, -0.25) is 9.10 Å². The number of carbonyl (C=O) groups is 1. The van der Waals surface area contributed by atoms with Crippen molar-refractivity contribution in [3.8, 4) is 0 Å². The fraction of sp³-hybridized carbons (Fsp3) is 0.321. The van der Waals surface area contributed by atoms with Gasteiger partial charge in [-0.2, -0.15) is 0 Å². The Balaban J connectivity index is 1.50. The molecule has 34 heavy (non-hydrogen) atoms. The van der Waals surface area contributed by atoms with Gasteiger partial charge in [-0.25, -0.2) is 8.42 Å². The first-order valence-corrected chi connectivity index (χ1v) is 13.3. The summed E-state index contributed by atoms with van der Waals surface area (Å²) in [7, 11) is -3.88. The smallest absolute Gasteiger partial charge is 0.264 e. The van der Waals surface area contributed by atoms with Crippen LogP contribution >= 0.6 is 0 Å². The molecule has 1 aliphatic heterocycles. The minimum absolute atomic E-state index is 0.157. The van der Waals surface area contributed by atoms with Crippen LogP contribution in [-0.2, 0) is 21.2 Å². The van der Waals surface area contributed by atoms with Crippen molar-refractivity contribution in [2.45, 2.75) is 38.0 Å². The molecule has 0 bridgehead atoms. The minimum Gasteiger partial charge on any atom is -0.341 e. The lowest BCUT2D eigenvalue weighted by atomic mass is 9.90. The number of benzene rings is 3. The quantitative estimate of drug-likeness (QED) is 0.483. The molecular formula is C28H32N2O3S. The molecule has 0 aromatic heterocycles. The molecular weight excluding hydrogens is 444 g/mol. The predicted octanol–water partition coefficient (Wildman–Crippen LogP) is 4.98. The summed E-state index contributed by atoms with van der Waals surface area (Å²) < 4.78 is 28.4. The maximum Gasteiger partial charge on any atom is 0.264 e. The Labute approximate surface area is 203 Å². The van der Waals surface area contributed by atoms with Crippen molar-refractivity contribution >= 4 is 21.6 Å². The second-order valence-corrected chi connectivity index (χ2v) is 11.0. The van der Waals surface area contributed by atoms with Gasteiger partial charge in [0.05, 0.1) is 10.6 Å². The van der Waals surface area contributed by atoms with Crippen LogP contribution in [0.1, 0.15) is 29.5 Å². The Bertz CT molecular complexity index is 1220. The van der Waals surface area contributed by atoms with Gasteiger partial charge >= 0.3 is 0 Å². The summed E-state index contributed by atoms with van der Waals surface area (Å²) in [6.45, 7) is 5.04. The topological polar surface area (TPSA) is 57.7 Å². The van der Waals surface area contributed by atoms with Gasteiger partial charge in [0.2, 0.25) is 5.91 Å². The minimum atomic E-state index is -3.88. The van der Waals surface area contributed by atoms with Crippen LogP contribution in [0, 0.1) is 19.8 Å². The highest BCUT2D eigenvalue weighted by Gasteiger charge is 2.30. The van der Waals surface area contributed by atoms with E-state index < -0.39 is 10.0 Å². The highest BCUT2D eigenvalue weighted by molar-refractivity contribution is 7.92. The van der Waals surface area contributed by atoms with Gasteiger partial charge in [0.1, 0.15) is 6.54 Å². The molecule has 0 N–H and O–H groups in total. The number of likely N-dealkylation sites (tertiary alicyclic amines) is 1. The van der Waals surface area contributed by atoms with Crippen LogP contribution in [0.5, 0.6) is 0 Å². The number of anilines is 1. The maximum atomic E-state index is 13.6. The van der Waals surface area contributed by atoms with Crippen molar-refractivity contribution in [1.82, 2.24) is 4.90 Å². The SMILES string of the molecule is Cc1ccc(N(CC(=O)N2CCC(Cc3ccccc3)CC2)S(=O)(=O)c2ccccc2)cc1C. The van der Waals surface area contributed by atoms with E-state index in [4.69, 9.17) is 0 Å². The van der Waals surface area contributed by atoms with Gasteiger partial charge in [0, 0.05) is 13.1 Å². The number of nitrogens with zero attached hydrogens (tertiary/aromatic N) is 2. The number of hydrogen-bond donors (Lipinski definition) is 0. The summed E-state index contributed by atoms with van der Waals surface area (Å²) in [5.41, 5.74) is 3.90. The fourth-order valence-corrected chi connectivity index (χ4v) is 5.90. The second kappa shape index (κ2) is 10.4. The molecule has 3 aromatic carbocycles. The van der Waals surface area contributed by atoms with E-state index in [0.717, 1.165) is 30.4 Å². The van der Waals surface area contributed by atoms with E-state index in [0.29, 0.717) is 24.7 Å². The van der Waals surface area contributed by atoms with Gasteiger partial charge in [-0.05, 0) is 80.0 Å². The molecule has 4 rings (SSSR count). The average molecular weight is 477 g/mol. The van der Waals surface area contributed by atoms with Gasteiger partial charge < -0.3 is 4.90 Å². The number of sulfonamides is 1. The monoisotopic (exact) mass is 476 g/mol. The second-order valence-electron chi connectivity index (χ2n) is 9.11. The van der Waals surface area contributed by atoms with Crippen molar-refractivity contribution in [3.63, 3.8) is 0 Å². The molecule has 5 nitrogen and oxygen atoms in total. The molecule has 1 fully saturated rings. The summed E-state index contributed by atoms with van der Waals surface area (Å²) in [4.78, 5) is 15.3. The molecule has 1 saturated heterocycles. The summed E-state index contributed by atoms with van der Waals surface area (Å²) in [6, 6.07) is 24.3. The first kappa shape index (κ1) is 24.0. The zero-order chi connectivity index (χ0) is 24.1. The predicted molar refractivity (Wildman–Crippen MR) is 136 cm³/mol. The van der Waals surface area contributed by atoms with E-state index in [2.05, 4.69) is 24.3 Å². The molecule has 0 aliphatic carbocycles. The van der Waals surface area contributed by atoms with Crippen molar-refractivity contribution in [2.75, 3.05) is 23.9 Å². The van der Waals surface area contributed by atoms with Gasteiger partial charge in [-0.1, -0.05) is 54.6 Å². The molecule has 0 spiro atoms. The summed E-state index contributed by atoms with van der Waals surface area (Å²) in [5, 5.41) is 0. The van der Waals surface area contributed by atoms with Gasteiger partial charge in [0.25, 0.3) is 10.0 Å². The molecule has 1 heterocycles. The first-order valence-electron chi connectivity index (χ1n) is 11.8. The lowest BCUT2D eigenvalue weighted by Gasteiger charge is -2.34. The molecule has 0 unspecified atom stereocenters. The fourth-order valence-electron chi connectivity index (χ4n) is 4.47. The molecule has 3 aromatic rings. The molecule has 0 atom stereocenters. The van der Waals surface area contributed by atoms with Crippen LogP contribution < -0.4 is 4.31 Å². The average Bonchev–Trinajstić information content (AvgIpc) is 2.86. The molecule has 1 aliphatic rings. The Morgan fingerprint density at radius 1 is 0.882 bits per heavy atom. The van der Waals surface area contributed by atoms with Crippen LogP contribution in [0.15, 0.2) is 83.8 Å². The summed E-state index contributed by atoms with van der Waals surface area (Å²) in [5.74, 6) is 0.381. The van der Waals surface area contributed by atoms with E-state index in [1.165, 1.54) is 9.87 Å². The van der Waals surface area contributed by atoms with Crippen LogP contribution in [0.2, 0.25) is 0 Å². The van der Waals surface area contributed by atoms with Gasteiger partial charge in [0.15, 0.2) is 0 Å². The van der Waals surface area contributed by atoms with Crippen molar-refractivity contribution in [3.05, 3.63) is 95.6 Å². The van der Waals surface area contributed by atoms with E-state index in [-0.39, 0.29) is 17.3 Å². The summed E-state index contributed by atoms with van der Waals surface area (Å²) >= 11 is 0. The van der Waals surface area contributed by atoms with E-state index in [1.54, 1.807) is 36.4 Å². The van der Waals surface area contributed by atoms with E-state index >= 15 is 0 Å². The molecule has 178 valence electrons. The normalized spacial score (nSPS) is 14.7. The maximum absolute atomic E-state index is 13.6. The highest BCUT2D eigenvalue weighted by Crippen LogP contribution is 2.27. The Morgan fingerprint density at radius 3 is 2.12 bits per heavy atom. The Kier molecular flexibility index (Phi) is 7.37. The van der Waals surface area contributed by atoms with Crippen LogP contribution in [-0.4, -0.2) is 38.9 Å². The standard InChI is InChI=1S/C28H32N2O3S/c1-22-13-14-26(19-23(22)2)30(34(32,33)27-11-7-4-8-12-27)21-28(31)29-17-15-25(16-18-29)20-24-9-5-3-6-10-24/h3-14,19,25H,15-18,20-21H2,1-2H3. The Morgan fingerprint density at radius 2 is 1.50 bits per heavy atom. The third kappa shape index (κ3) is 5.50. The largest absolute Gasteiger partial charge is 0.341 e. The lowest BCUT2D eigenvalue weighted by Crippen LogP contribution is -2.46. The number of rotatable bonds is 7. The van der Waals surface area contributed by atoms with Crippen LogP contribution in [0.3, 0.4) is 0 Å². The molecule has 0 radical (unpaired) electrons. The number of hydrogen-bond acceptors (Lipinski definition) is 3. The third-order valence-corrected chi connectivity index (χ3v) is 8.51. The van der Waals surface area contributed by atoms with E-state index in [1.807, 2.05) is 36.9 Å². The lowest BCUT2D eigenvalue weighted by molar-refractivity contribution is -0.130.